The van der Waals surface area contributed by atoms with Crippen LogP contribution in [0.1, 0.15) is 37.3 Å². The third-order valence-corrected chi connectivity index (χ3v) is 3.87. The fraction of sp³-hybridized carbons (Fsp3) is 0.333. The lowest BCUT2D eigenvalue weighted by Gasteiger charge is -2.18. The van der Waals surface area contributed by atoms with Crippen LogP contribution in [0.15, 0.2) is 60.7 Å². The van der Waals surface area contributed by atoms with Crippen LogP contribution in [0.2, 0.25) is 0 Å². The van der Waals surface area contributed by atoms with E-state index in [2.05, 4.69) is 10.6 Å². The molecular weight excluding hydrogens is 312 g/mol. The maximum Gasteiger partial charge on any atom is 0.232 e. The van der Waals surface area contributed by atoms with E-state index in [9.17, 15) is 9.59 Å². The van der Waals surface area contributed by atoms with Crippen molar-refractivity contribution in [1.29, 1.82) is 0 Å². The minimum absolute atomic E-state index is 0.0203. The van der Waals surface area contributed by atoms with Gasteiger partial charge in [-0.15, -0.1) is 0 Å². The highest BCUT2D eigenvalue weighted by atomic mass is 16.2. The second kappa shape index (κ2) is 9.62. The molecule has 0 spiro atoms. The number of benzene rings is 2. The molecule has 0 aliphatic carbocycles. The summed E-state index contributed by atoms with van der Waals surface area (Å²) in [6.45, 7) is 4.86. The van der Waals surface area contributed by atoms with Gasteiger partial charge in [0, 0.05) is 19.5 Å². The Kier molecular flexibility index (Phi) is 7.20. The molecule has 2 N–H and O–H groups in total. The molecule has 2 aromatic rings. The predicted molar refractivity (Wildman–Crippen MR) is 100 cm³/mol. The normalized spacial score (nSPS) is 10.7. The van der Waals surface area contributed by atoms with Gasteiger partial charge in [0.25, 0.3) is 0 Å². The Morgan fingerprint density at radius 1 is 0.800 bits per heavy atom. The van der Waals surface area contributed by atoms with E-state index in [1.807, 2.05) is 74.5 Å². The number of rotatable bonds is 8. The summed E-state index contributed by atoms with van der Waals surface area (Å²) in [6, 6.07) is 19.5. The van der Waals surface area contributed by atoms with Gasteiger partial charge in [0.15, 0.2) is 0 Å². The van der Waals surface area contributed by atoms with Gasteiger partial charge in [-0.3, -0.25) is 9.59 Å². The Bertz CT molecular complexity index is 629. The molecule has 0 aromatic heterocycles. The quantitative estimate of drug-likeness (QED) is 0.727. The SMILES string of the molecule is CC(C)CC(=O)NCCNC(=O)C(c1ccccc1)c1ccccc1. The second-order valence-electron chi connectivity index (χ2n) is 6.49. The van der Waals surface area contributed by atoms with Gasteiger partial charge in [-0.1, -0.05) is 74.5 Å². The molecule has 0 saturated heterocycles. The highest BCUT2D eigenvalue weighted by Crippen LogP contribution is 2.24. The van der Waals surface area contributed by atoms with Crippen LogP contribution in [-0.4, -0.2) is 24.9 Å². The summed E-state index contributed by atoms with van der Waals surface area (Å²) in [5.74, 6) is -0.0636. The van der Waals surface area contributed by atoms with E-state index >= 15 is 0 Å². The van der Waals surface area contributed by atoms with Crippen LogP contribution < -0.4 is 10.6 Å². The van der Waals surface area contributed by atoms with E-state index in [1.54, 1.807) is 0 Å². The molecule has 0 fully saturated rings. The Morgan fingerprint density at radius 3 is 1.76 bits per heavy atom. The van der Waals surface area contributed by atoms with E-state index in [0.29, 0.717) is 25.4 Å². The molecule has 132 valence electrons. The Balaban J connectivity index is 1.96. The van der Waals surface area contributed by atoms with Crippen molar-refractivity contribution in [2.24, 2.45) is 5.92 Å². The predicted octanol–water partition coefficient (Wildman–Crippen LogP) is 3.10. The molecule has 0 bridgehead atoms. The highest BCUT2D eigenvalue weighted by Gasteiger charge is 2.21. The molecule has 0 aliphatic rings. The summed E-state index contributed by atoms with van der Waals surface area (Å²) in [4.78, 5) is 24.4. The highest BCUT2D eigenvalue weighted by molar-refractivity contribution is 5.87. The van der Waals surface area contributed by atoms with E-state index in [4.69, 9.17) is 0 Å². The van der Waals surface area contributed by atoms with Gasteiger partial charge in [-0.2, -0.15) is 0 Å². The topological polar surface area (TPSA) is 58.2 Å². The first-order valence-electron chi connectivity index (χ1n) is 8.72. The first-order valence-corrected chi connectivity index (χ1v) is 8.72. The van der Waals surface area contributed by atoms with E-state index in [0.717, 1.165) is 11.1 Å². The third-order valence-electron chi connectivity index (χ3n) is 3.87. The Labute approximate surface area is 149 Å². The van der Waals surface area contributed by atoms with Crippen molar-refractivity contribution >= 4 is 11.8 Å². The summed E-state index contributed by atoms with van der Waals surface area (Å²) in [6.07, 6.45) is 0.505. The van der Waals surface area contributed by atoms with Crippen molar-refractivity contribution in [3.63, 3.8) is 0 Å². The summed E-state index contributed by atoms with van der Waals surface area (Å²) >= 11 is 0. The van der Waals surface area contributed by atoms with Crippen molar-refractivity contribution < 1.29 is 9.59 Å². The number of carbonyl (C=O) groups excluding carboxylic acids is 2. The summed E-state index contributed by atoms with van der Waals surface area (Å²) in [7, 11) is 0. The van der Waals surface area contributed by atoms with Crippen LogP contribution in [0.3, 0.4) is 0 Å². The lowest BCUT2D eigenvalue weighted by molar-refractivity contribution is -0.123. The zero-order chi connectivity index (χ0) is 18.1. The molecule has 0 aliphatic heterocycles. The van der Waals surface area contributed by atoms with Crippen LogP contribution in [0, 0.1) is 5.92 Å². The molecule has 25 heavy (non-hydrogen) atoms. The van der Waals surface area contributed by atoms with Crippen LogP contribution in [0.4, 0.5) is 0 Å². The van der Waals surface area contributed by atoms with Crippen molar-refractivity contribution in [2.45, 2.75) is 26.2 Å². The van der Waals surface area contributed by atoms with Crippen molar-refractivity contribution in [3.05, 3.63) is 71.8 Å². The average Bonchev–Trinajstić information content (AvgIpc) is 2.60. The molecule has 2 amide bonds. The second-order valence-corrected chi connectivity index (χ2v) is 6.49. The smallest absolute Gasteiger partial charge is 0.232 e. The van der Waals surface area contributed by atoms with Crippen LogP contribution in [0.5, 0.6) is 0 Å². The van der Waals surface area contributed by atoms with Crippen molar-refractivity contribution in [1.82, 2.24) is 10.6 Å². The third kappa shape index (κ3) is 6.07. The van der Waals surface area contributed by atoms with E-state index < -0.39 is 0 Å². The minimum atomic E-state index is -0.353. The molecule has 2 rings (SSSR count). The Morgan fingerprint density at radius 2 is 1.28 bits per heavy atom. The molecule has 0 unspecified atom stereocenters. The Hall–Kier alpha value is -2.62. The number of amides is 2. The monoisotopic (exact) mass is 338 g/mol. The first kappa shape index (κ1) is 18.7. The van der Waals surface area contributed by atoms with Gasteiger partial charge in [-0.05, 0) is 17.0 Å². The summed E-state index contributed by atoms with van der Waals surface area (Å²) < 4.78 is 0. The minimum Gasteiger partial charge on any atom is -0.354 e. The van der Waals surface area contributed by atoms with Gasteiger partial charge < -0.3 is 10.6 Å². The fourth-order valence-electron chi connectivity index (χ4n) is 2.72. The maximum absolute atomic E-state index is 12.7. The van der Waals surface area contributed by atoms with Crippen LogP contribution in [0.25, 0.3) is 0 Å². The maximum atomic E-state index is 12.7. The molecule has 0 radical (unpaired) electrons. The molecule has 0 saturated carbocycles. The number of hydrogen-bond acceptors (Lipinski definition) is 2. The van der Waals surface area contributed by atoms with Gasteiger partial charge in [0.05, 0.1) is 5.92 Å². The molecule has 0 heterocycles. The standard InChI is InChI=1S/C21H26N2O2/c1-16(2)15-19(24)22-13-14-23-21(25)20(17-9-5-3-6-10-17)18-11-7-4-8-12-18/h3-12,16,20H,13-15H2,1-2H3,(H,22,24)(H,23,25). The van der Waals surface area contributed by atoms with Crippen LogP contribution >= 0.6 is 0 Å². The number of nitrogens with one attached hydrogen (secondary N) is 2. The zero-order valence-electron chi connectivity index (χ0n) is 14.9. The lowest BCUT2D eigenvalue weighted by Crippen LogP contribution is -2.37. The van der Waals surface area contributed by atoms with Gasteiger partial charge in [0.1, 0.15) is 0 Å². The van der Waals surface area contributed by atoms with Gasteiger partial charge in [-0.25, -0.2) is 0 Å². The number of hydrogen-bond donors (Lipinski definition) is 2. The summed E-state index contributed by atoms with van der Waals surface area (Å²) in [5, 5.41) is 5.77. The van der Waals surface area contributed by atoms with Crippen LogP contribution in [-0.2, 0) is 9.59 Å². The molecule has 2 aromatic carbocycles. The zero-order valence-corrected chi connectivity index (χ0v) is 14.9. The average molecular weight is 338 g/mol. The molecule has 4 heteroatoms. The van der Waals surface area contributed by atoms with Gasteiger partial charge in [0.2, 0.25) is 11.8 Å². The largest absolute Gasteiger partial charge is 0.354 e. The first-order chi connectivity index (χ1) is 12.1. The van der Waals surface area contributed by atoms with E-state index in [-0.39, 0.29) is 17.7 Å². The fourth-order valence-corrected chi connectivity index (χ4v) is 2.72. The lowest BCUT2D eigenvalue weighted by atomic mass is 9.90. The number of carbonyl (C=O) groups is 2. The molecule has 0 atom stereocenters. The summed E-state index contributed by atoms with van der Waals surface area (Å²) in [5.41, 5.74) is 1.91. The van der Waals surface area contributed by atoms with Gasteiger partial charge >= 0.3 is 0 Å². The van der Waals surface area contributed by atoms with E-state index in [1.165, 1.54) is 0 Å². The molecular formula is C21H26N2O2. The van der Waals surface area contributed by atoms with Crippen molar-refractivity contribution in [3.8, 4) is 0 Å². The molecule has 4 nitrogen and oxygen atoms in total. The van der Waals surface area contributed by atoms with Crippen molar-refractivity contribution in [2.75, 3.05) is 13.1 Å².